The van der Waals surface area contributed by atoms with Crippen molar-refractivity contribution in [3.63, 3.8) is 0 Å². The van der Waals surface area contributed by atoms with E-state index in [2.05, 4.69) is 15.9 Å². The molecule has 21 heavy (non-hydrogen) atoms. The number of benzene rings is 2. The maximum Gasteiger partial charge on any atom is 0.277 e. The first-order chi connectivity index (χ1) is 10.0. The molecular formula is C14H10BrCl2NO3. The molecule has 0 aliphatic carbocycles. The van der Waals surface area contributed by atoms with Gasteiger partial charge in [-0.2, -0.15) is 0 Å². The van der Waals surface area contributed by atoms with Gasteiger partial charge in [-0.15, -0.1) is 11.6 Å². The first-order valence-electron chi connectivity index (χ1n) is 5.92. The normalized spacial score (nSPS) is 10.4. The van der Waals surface area contributed by atoms with Gasteiger partial charge in [-0.3, -0.25) is 10.1 Å². The van der Waals surface area contributed by atoms with Gasteiger partial charge in [0, 0.05) is 16.7 Å². The van der Waals surface area contributed by atoms with Crippen LogP contribution < -0.4 is 4.74 Å². The second-order valence-electron chi connectivity index (χ2n) is 4.18. The van der Waals surface area contributed by atoms with E-state index in [0.717, 1.165) is 10.0 Å². The van der Waals surface area contributed by atoms with Crippen molar-refractivity contribution in [3.05, 3.63) is 67.1 Å². The van der Waals surface area contributed by atoms with Gasteiger partial charge in [0.2, 0.25) is 0 Å². The Morgan fingerprint density at radius 2 is 2.00 bits per heavy atom. The monoisotopic (exact) mass is 389 g/mol. The highest BCUT2D eigenvalue weighted by Crippen LogP contribution is 2.32. The standard InChI is InChI=1S/C14H10BrCl2NO3/c15-12-3-1-2-9(7-16)14(12)21-8-10-4-5-11(17)6-13(10)18(19)20/h1-6H,7-8H2. The number of para-hydroxylation sites is 1. The third-order valence-corrected chi connectivity index (χ3v) is 3.96. The number of hydrogen-bond acceptors (Lipinski definition) is 3. The summed E-state index contributed by atoms with van der Waals surface area (Å²) in [6.45, 7) is 0.0555. The van der Waals surface area contributed by atoms with Gasteiger partial charge in [-0.25, -0.2) is 0 Å². The number of nitro benzene ring substituents is 1. The molecule has 0 amide bonds. The van der Waals surface area contributed by atoms with Crippen LogP contribution in [0.2, 0.25) is 5.02 Å². The molecule has 0 radical (unpaired) electrons. The van der Waals surface area contributed by atoms with Gasteiger partial charge < -0.3 is 4.74 Å². The minimum atomic E-state index is -0.479. The minimum absolute atomic E-state index is 0.0555. The Morgan fingerprint density at radius 3 is 2.67 bits per heavy atom. The van der Waals surface area contributed by atoms with E-state index >= 15 is 0 Å². The number of hydrogen-bond donors (Lipinski definition) is 0. The number of ether oxygens (including phenoxy) is 1. The van der Waals surface area contributed by atoms with Crippen LogP contribution in [0.25, 0.3) is 0 Å². The van der Waals surface area contributed by atoms with Crippen LogP contribution in [0.15, 0.2) is 40.9 Å². The Hall–Kier alpha value is -1.30. The fourth-order valence-corrected chi connectivity index (χ4v) is 2.70. The lowest BCUT2D eigenvalue weighted by Gasteiger charge is -2.12. The summed E-state index contributed by atoms with van der Waals surface area (Å²) in [7, 11) is 0. The molecule has 0 aliphatic rings. The van der Waals surface area contributed by atoms with Gasteiger partial charge in [0.25, 0.3) is 5.69 Å². The second-order valence-corrected chi connectivity index (χ2v) is 5.74. The van der Waals surface area contributed by atoms with Crippen LogP contribution in [0, 0.1) is 10.1 Å². The van der Waals surface area contributed by atoms with E-state index in [4.69, 9.17) is 27.9 Å². The number of nitro groups is 1. The molecule has 0 spiro atoms. The lowest BCUT2D eigenvalue weighted by Crippen LogP contribution is -2.02. The van der Waals surface area contributed by atoms with Crippen molar-refractivity contribution in [3.8, 4) is 5.75 Å². The van der Waals surface area contributed by atoms with E-state index in [9.17, 15) is 10.1 Å². The molecular weight excluding hydrogens is 381 g/mol. The molecule has 0 heterocycles. The second kappa shape index (κ2) is 7.11. The molecule has 0 N–H and O–H groups in total. The summed E-state index contributed by atoms with van der Waals surface area (Å²) in [6, 6.07) is 9.99. The number of alkyl halides is 1. The first-order valence-corrected chi connectivity index (χ1v) is 7.62. The molecule has 110 valence electrons. The first kappa shape index (κ1) is 16.1. The van der Waals surface area contributed by atoms with Crippen molar-refractivity contribution in [2.45, 2.75) is 12.5 Å². The third-order valence-electron chi connectivity index (χ3n) is 2.81. The van der Waals surface area contributed by atoms with Gasteiger partial charge in [-0.1, -0.05) is 23.7 Å². The van der Waals surface area contributed by atoms with Crippen LogP contribution in [-0.2, 0) is 12.5 Å². The van der Waals surface area contributed by atoms with E-state index in [1.54, 1.807) is 12.1 Å². The smallest absolute Gasteiger partial charge is 0.277 e. The summed E-state index contributed by atoms with van der Waals surface area (Å²) >= 11 is 15.0. The fraction of sp³-hybridized carbons (Fsp3) is 0.143. The molecule has 2 rings (SSSR count). The molecule has 0 atom stereocenters. The minimum Gasteiger partial charge on any atom is -0.487 e. The zero-order chi connectivity index (χ0) is 15.4. The number of rotatable bonds is 5. The molecule has 4 nitrogen and oxygen atoms in total. The highest BCUT2D eigenvalue weighted by molar-refractivity contribution is 9.10. The average molecular weight is 391 g/mol. The van der Waals surface area contributed by atoms with Gasteiger partial charge in [0.1, 0.15) is 12.4 Å². The average Bonchev–Trinajstić information content (AvgIpc) is 2.46. The molecule has 0 saturated heterocycles. The van der Waals surface area contributed by atoms with E-state index in [1.807, 2.05) is 18.2 Å². The lowest BCUT2D eigenvalue weighted by molar-refractivity contribution is -0.385. The van der Waals surface area contributed by atoms with E-state index in [-0.39, 0.29) is 18.2 Å². The van der Waals surface area contributed by atoms with Crippen LogP contribution >= 0.6 is 39.1 Å². The zero-order valence-electron chi connectivity index (χ0n) is 10.7. The molecule has 7 heteroatoms. The maximum absolute atomic E-state index is 11.0. The molecule has 2 aromatic rings. The summed E-state index contributed by atoms with van der Waals surface area (Å²) in [6.07, 6.45) is 0. The fourth-order valence-electron chi connectivity index (χ4n) is 1.80. The van der Waals surface area contributed by atoms with Gasteiger partial charge >= 0.3 is 0 Å². The highest BCUT2D eigenvalue weighted by Gasteiger charge is 2.16. The van der Waals surface area contributed by atoms with Crippen molar-refractivity contribution >= 4 is 44.8 Å². The molecule has 0 bridgehead atoms. The number of nitrogens with zero attached hydrogens (tertiary/aromatic N) is 1. The van der Waals surface area contributed by atoms with E-state index < -0.39 is 4.92 Å². The third kappa shape index (κ3) is 3.87. The molecule has 0 unspecified atom stereocenters. The molecule has 0 aromatic heterocycles. The molecule has 2 aromatic carbocycles. The van der Waals surface area contributed by atoms with Crippen LogP contribution in [0.5, 0.6) is 5.75 Å². The largest absolute Gasteiger partial charge is 0.487 e. The molecule has 0 aliphatic heterocycles. The predicted molar refractivity (Wildman–Crippen MR) is 86.1 cm³/mol. The predicted octanol–water partition coefficient (Wildman–Crippen LogP) is 5.33. The van der Waals surface area contributed by atoms with Gasteiger partial charge in [-0.05, 0) is 34.1 Å². The molecule has 0 fully saturated rings. The SMILES string of the molecule is O=[N+]([O-])c1cc(Cl)ccc1COc1c(Br)cccc1CCl. The van der Waals surface area contributed by atoms with Gasteiger partial charge in [0.05, 0.1) is 20.8 Å². The topological polar surface area (TPSA) is 52.4 Å². The highest BCUT2D eigenvalue weighted by atomic mass is 79.9. The Balaban J connectivity index is 2.27. The summed E-state index contributed by atoms with van der Waals surface area (Å²) in [5.74, 6) is 0.869. The summed E-state index contributed by atoms with van der Waals surface area (Å²) < 4.78 is 6.44. The van der Waals surface area contributed by atoms with Crippen molar-refractivity contribution in [1.82, 2.24) is 0 Å². The maximum atomic E-state index is 11.0. The van der Waals surface area contributed by atoms with Crippen LogP contribution in [0.1, 0.15) is 11.1 Å². The Labute approximate surface area is 139 Å². The molecule has 0 saturated carbocycles. The van der Waals surface area contributed by atoms with E-state index in [1.165, 1.54) is 6.07 Å². The van der Waals surface area contributed by atoms with Crippen molar-refractivity contribution in [2.24, 2.45) is 0 Å². The summed E-state index contributed by atoms with van der Waals surface area (Å²) in [5.41, 5.74) is 1.19. The Kier molecular flexibility index (Phi) is 5.45. The quantitative estimate of drug-likeness (QED) is 0.394. The Morgan fingerprint density at radius 1 is 1.24 bits per heavy atom. The number of halogens is 3. The van der Waals surface area contributed by atoms with Crippen molar-refractivity contribution < 1.29 is 9.66 Å². The zero-order valence-corrected chi connectivity index (χ0v) is 13.8. The van der Waals surface area contributed by atoms with Crippen molar-refractivity contribution in [2.75, 3.05) is 0 Å². The van der Waals surface area contributed by atoms with Crippen LogP contribution in [0.4, 0.5) is 5.69 Å². The van der Waals surface area contributed by atoms with Crippen molar-refractivity contribution in [1.29, 1.82) is 0 Å². The summed E-state index contributed by atoms with van der Waals surface area (Å²) in [4.78, 5) is 10.6. The van der Waals surface area contributed by atoms with Gasteiger partial charge in [0.15, 0.2) is 0 Å². The van der Waals surface area contributed by atoms with E-state index in [0.29, 0.717) is 16.3 Å². The summed E-state index contributed by atoms with van der Waals surface area (Å²) in [5, 5.41) is 11.3. The van der Waals surface area contributed by atoms with Crippen LogP contribution in [-0.4, -0.2) is 4.92 Å². The Bertz CT molecular complexity index is 679. The van der Waals surface area contributed by atoms with Crippen LogP contribution in [0.3, 0.4) is 0 Å². The lowest BCUT2D eigenvalue weighted by atomic mass is 10.2.